The van der Waals surface area contributed by atoms with E-state index in [1.807, 2.05) is 18.2 Å². The second-order valence-corrected chi connectivity index (χ2v) is 5.48. The van der Waals surface area contributed by atoms with Crippen molar-refractivity contribution >= 4 is 34.4 Å². The van der Waals surface area contributed by atoms with Gasteiger partial charge in [0.2, 0.25) is 0 Å². The molecule has 2 amide bonds. The lowest BCUT2D eigenvalue weighted by Crippen LogP contribution is -2.35. The summed E-state index contributed by atoms with van der Waals surface area (Å²) in [6, 6.07) is 8.86. The summed E-state index contributed by atoms with van der Waals surface area (Å²) in [5.41, 5.74) is 0.855. The second kappa shape index (κ2) is 7.21. The molecule has 6 nitrogen and oxygen atoms in total. The highest BCUT2D eigenvalue weighted by molar-refractivity contribution is 14.1. The molecule has 1 aromatic heterocycles. The molecule has 2 rings (SSSR count). The molecule has 0 saturated carbocycles. The molecule has 0 aliphatic heterocycles. The molecule has 0 bridgehead atoms. The van der Waals surface area contributed by atoms with Crippen LogP contribution in [0.4, 0.5) is 0 Å². The van der Waals surface area contributed by atoms with Crippen molar-refractivity contribution < 1.29 is 14.1 Å². The molecular weight excluding hydrogens is 385 g/mol. The van der Waals surface area contributed by atoms with E-state index in [-0.39, 0.29) is 17.5 Å². The van der Waals surface area contributed by atoms with Crippen molar-refractivity contribution in [1.82, 2.24) is 15.8 Å². The molecule has 0 atom stereocenters. The van der Waals surface area contributed by atoms with Gasteiger partial charge in [-0.25, -0.2) is 0 Å². The Balaban J connectivity index is 1.76. The number of carbonyl (C=O) groups excluding carboxylic acids is 2. The van der Waals surface area contributed by atoms with E-state index in [0.717, 1.165) is 3.57 Å². The number of carbonyl (C=O) groups is 2. The topological polar surface area (TPSA) is 84.2 Å². The van der Waals surface area contributed by atoms with E-state index in [1.54, 1.807) is 19.1 Å². The minimum absolute atomic E-state index is 0.161. The molecule has 110 valence electrons. The minimum atomic E-state index is -0.324. The molecule has 0 unspecified atom stereocenters. The first kappa shape index (κ1) is 15.5. The van der Waals surface area contributed by atoms with Gasteiger partial charge in [-0.1, -0.05) is 17.3 Å². The van der Waals surface area contributed by atoms with Crippen molar-refractivity contribution in [2.75, 3.05) is 13.1 Å². The number of hydrogen-bond donors (Lipinski definition) is 2. The highest BCUT2D eigenvalue weighted by Crippen LogP contribution is 2.10. The van der Waals surface area contributed by atoms with E-state index in [4.69, 9.17) is 4.52 Å². The fourth-order valence-corrected chi connectivity index (χ4v) is 2.29. The Labute approximate surface area is 135 Å². The van der Waals surface area contributed by atoms with Gasteiger partial charge >= 0.3 is 0 Å². The van der Waals surface area contributed by atoms with Crippen LogP contribution in [0, 0.1) is 10.5 Å². The first-order valence-electron chi connectivity index (χ1n) is 6.32. The van der Waals surface area contributed by atoms with Crippen molar-refractivity contribution in [2.45, 2.75) is 6.92 Å². The summed E-state index contributed by atoms with van der Waals surface area (Å²) in [5, 5.41) is 9.02. The van der Waals surface area contributed by atoms with Gasteiger partial charge in [0.15, 0.2) is 5.69 Å². The predicted octanol–water partition coefficient (Wildman–Crippen LogP) is 1.75. The van der Waals surface area contributed by atoms with Crippen LogP contribution in [0.2, 0.25) is 0 Å². The van der Waals surface area contributed by atoms with Gasteiger partial charge in [-0.3, -0.25) is 9.59 Å². The van der Waals surface area contributed by atoms with Crippen LogP contribution in [0.15, 0.2) is 34.9 Å². The molecule has 1 heterocycles. The number of halogens is 1. The number of benzene rings is 1. The SMILES string of the molecule is Cc1cc(C(=O)NCCNC(=O)c2ccccc2I)no1. The van der Waals surface area contributed by atoms with Crippen LogP contribution in [0.25, 0.3) is 0 Å². The zero-order chi connectivity index (χ0) is 15.2. The van der Waals surface area contributed by atoms with Crippen molar-refractivity contribution in [1.29, 1.82) is 0 Å². The highest BCUT2D eigenvalue weighted by Gasteiger charge is 2.11. The fourth-order valence-electron chi connectivity index (χ4n) is 1.66. The first-order chi connectivity index (χ1) is 10.1. The number of nitrogens with zero attached hydrogens (tertiary/aromatic N) is 1. The number of amides is 2. The van der Waals surface area contributed by atoms with Crippen molar-refractivity contribution in [2.24, 2.45) is 0 Å². The second-order valence-electron chi connectivity index (χ2n) is 4.31. The average molecular weight is 399 g/mol. The van der Waals surface area contributed by atoms with Crippen LogP contribution in [-0.2, 0) is 0 Å². The van der Waals surface area contributed by atoms with E-state index in [2.05, 4.69) is 38.4 Å². The normalized spacial score (nSPS) is 10.2. The van der Waals surface area contributed by atoms with Gasteiger partial charge in [-0.2, -0.15) is 0 Å². The van der Waals surface area contributed by atoms with Gasteiger partial charge in [-0.15, -0.1) is 0 Å². The Hall–Kier alpha value is -1.90. The quantitative estimate of drug-likeness (QED) is 0.593. The molecule has 0 spiro atoms. The Bertz CT molecular complexity index is 654. The Morgan fingerprint density at radius 3 is 2.48 bits per heavy atom. The maximum Gasteiger partial charge on any atom is 0.273 e. The smallest absolute Gasteiger partial charge is 0.273 e. The summed E-state index contributed by atoms with van der Waals surface area (Å²) in [5.74, 6) is 0.0917. The van der Waals surface area contributed by atoms with Crippen LogP contribution < -0.4 is 10.6 Å². The molecule has 2 aromatic rings. The number of nitrogens with one attached hydrogen (secondary N) is 2. The van der Waals surface area contributed by atoms with Crippen LogP contribution in [-0.4, -0.2) is 30.1 Å². The van der Waals surface area contributed by atoms with Gasteiger partial charge in [0.1, 0.15) is 5.76 Å². The summed E-state index contributed by atoms with van der Waals surface area (Å²) in [7, 11) is 0. The van der Waals surface area contributed by atoms with Crippen molar-refractivity contribution in [3.05, 3.63) is 50.9 Å². The Kier molecular flexibility index (Phi) is 5.32. The van der Waals surface area contributed by atoms with E-state index >= 15 is 0 Å². The minimum Gasteiger partial charge on any atom is -0.361 e. The molecule has 2 N–H and O–H groups in total. The van der Waals surface area contributed by atoms with Crippen LogP contribution in [0.5, 0.6) is 0 Å². The van der Waals surface area contributed by atoms with Crippen LogP contribution in [0.3, 0.4) is 0 Å². The number of hydrogen-bond acceptors (Lipinski definition) is 4. The largest absolute Gasteiger partial charge is 0.361 e. The summed E-state index contributed by atoms with van der Waals surface area (Å²) >= 11 is 2.11. The molecule has 0 aliphatic carbocycles. The van der Waals surface area contributed by atoms with Gasteiger partial charge in [0, 0.05) is 22.7 Å². The molecule has 0 fully saturated rings. The lowest BCUT2D eigenvalue weighted by molar-refractivity contribution is 0.0922. The maximum absolute atomic E-state index is 11.9. The summed E-state index contributed by atoms with van der Waals surface area (Å²) in [6.07, 6.45) is 0. The first-order valence-corrected chi connectivity index (χ1v) is 7.40. The molecule has 0 saturated heterocycles. The van der Waals surface area contributed by atoms with E-state index in [0.29, 0.717) is 24.4 Å². The standard InChI is InChI=1S/C14H14IN3O3/c1-9-8-12(18-21-9)14(20)17-7-6-16-13(19)10-4-2-3-5-11(10)15/h2-5,8H,6-7H2,1H3,(H,16,19)(H,17,20). The fraction of sp³-hybridized carbons (Fsp3) is 0.214. The third-order valence-corrected chi connectivity index (χ3v) is 3.62. The summed E-state index contributed by atoms with van der Waals surface area (Å²) < 4.78 is 5.70. The highest BCUT2D eigenvalue weighted by atomic mass is 127. The zero-order valence-electron chi connectivity index (χ0n) is 11.4. The zero-order valence-corrected chi connectivity index (χ0v) is 13.5. The predicted molar refractivity (Wildman–Crippen MR) is 85.1 cm³/mol. The number of rotatable bonds is 5. The maximum atomic E-state index is 11.9. The molecule has 0 radical (unpaired) electrons. The third kappa shape index (κ3) is 4.28. The molecule has 21 heavy (non-hydrogen) atoms. The van der Waals surface area contributed by atoms with Crippen molar-refractivity contribution in [3.63, 3.8) is 0 Å². The van der Waals surface area contributed by atoms with E-state index < -0.39 is 0 Å². The molecule has 0 aliphatic rings. The Morgan fingerprint density at radius 1 is 1.19 bits per heavy atom. The van der Waals surface area contributed by atoms with Gasteiger partial charge in [0.25, 0.3) is 11.8 Å². The monoisotopic (exact) mass is 399 g/mol. The Morgan fingerprint density at radius 2 is 1.86 bits per heavy atom. The summed E-state index contributed by atoms with van der Waals surface area (Å²) in [6.45, 7) is 2.37. The number of aromatic nitrogens is 1. The average Bonchev–Trinajstić information content (AvgIpc) is 2.90. The van der Waals surface area contributed by atoms with Crippen LogP contribution >= 0.6 is 22.6 Å². The van der Waals surface area contributed by atoms with Crippen LogP contribution in [0.1, 0.15) is 26.6 Å². The third-order valence-electron chi connectivity index (χ3n) is 2.68. The van der Waals surface area contributed by atoms with Crippen molar-refractivity contribution in [3.8, 4) is 0 Å². The van der Waals surface area contributed by atoms with Gasteiger partial charge < -0.3 is 15.2 Å². The summed E-state index contributed by atoms with van der Waals surface area (Å²) in [4.78, 5) is 23.6. The van der Waals surface area contributed by atoms with E-state index in [1.165, 1.54) is 0 Å². The lowest BCUT2D eigenvalue weighted by atomic mass is 10.2. The molecular formula is C14H14IN3O3. The molecule has 7 heteroatoms. The number of aryl methyl sites for hydroxylation is 1. The van der Waals surface area contributed by atoms with Gasteiger partial charge in [-0.05, 0) is 41.6 Å². The lowest BCUT2D eigenvalue weighted by Gasteiger charge is -2.07. The van der Waals surface area contributed by atoms with E-state index in [9.17, 15) is 9.59 Å². The molecule has 1 aromatic carbocycles. The van der Waals surface area contributed by atoms with Gasteiger partial charge in [0.05, 0.1) is 5.56 Å².